The number of amides is 1. The number of hydrogen-bond donors (Lipinski definition) is 1. The van der Waals surface area contributed by atoms with Crippen LogP contribution in [0, 0.1) is 11.8 Å². The molecular weight excluding hydrogens is 321 g/mol. The molecule has 4 nitrogen and oxygen atoms in total. The zero-order valence-electron chi connectivity index (χ0n) is 12.1. The Balaban J connectivity index is 1.97. The lowest BCUT2D eigenvalue weighted by atomic mass is 10.1. The predicted molar refractivity (Wildman–Crippen MR) is 74.6 cm³/mol. The van der Waals surface area contributed by atoms with Crippen LogP contribution < -0.4 is 10.1 Å². The average Bonchev–Trinajstić information content (AvgIpc) is 3.13. The van der Waals surface area contributed by atoms with Gasteiger partial charge in [0.25, 0.3) is 0 Å². The molecule has 8 heteroatoms. The molecule has 1 aromatic heterocycles. The number of nitrogens with one attached hydrogen (secondary N) is 1. The Labute approximate surface area is 131 Å². The topological polar surface area (TPSA) is 51.2 Å². The van der Waals surface area contributed by atoms with Crippen molar-refractivity contribution in [1.29, 1.82) is 0 Å². The molecule has 1 saturated carbocycles. The standard InChI is InChI=1S/C14H16ClF3N2O2/c1-7-3-10(7)12(21)20-8(2)9-4-11(15)13(19-5-9)22-6-14(16,17)18/h4-5,7-8,10H,3,6H2,1-2H3,(H,20,21). The summed E-state index contributed by atoms with van der Waals surface area (Å²) in [5.74, 6) is 0.123. The molecule has 1 aliphatic carbocycles. The van der Waals surface area contributed by atoms with Crippen molar-refractivity contribution in [3.8, 4) is 5.88 Å². The van der Waals surface area contributed by atoms with Crippen molar-refractivity contribution in [2.75, 3.05) is 6.61 Å². The Hall–Kier alpha value is -1.50. The Kier molecular flexibility index (Phi) is 4.84. The van der Waals surface area contributed by atoms with Crippen LogP contribution in [0.25, 0.3) is 0 Å². The average molecular weight is 337 g/mol. The van der Waals surface area contributed by atoms with Gasteiger partial charge >= 0.3 is 6.18 Å². The number of carbonyl (C=O) groups is 1. The molecule has 0 radical (unpaired) electrons. The van der Waals surface area contributed by atoms with Crippen molar-refractivity contribution in [2.45, 2.75) is 32.5 Å². The maximum Gasteiger partial charge on any atom is 0.422 e. The van der Waals surface area contributed by atoms with Gasteiger partial charge in [0.1, 0.15) is 5.02 Å². The molecule has 2 rings (SSSR count). The van der Waals surface area contributed by atoms with Crippen LogP contribution in [0.2, 0.25) is 5.02 Å². The lowest BCUT2D eigenvalue weighted by molar-refractivity contribution is -0.154. The maximum atomic E-state index is 12.1. The summed E-state index contributed by atoms with van der Waals surface area (Å²) in [5.41, 5.74) is 0.603. The molecule has 22 heavy (non-hydrogen) atoms. The van der Waals surface area contributed by atoms with E-state index in [1.54, 1.807) is 6.92 Å². The summed E-state index contributed by atoms with van der Waals surface area (Å²) in [6.07, 6.45) is -2.23. The van der Waals surface area contributed by atoms with Crippen molar-refractivity contribution < 1.29 is 22.7 Å². The van der Waals surface area contributed by atoms with Crippen LogP contribution >= 0.6 is 11.6 Å². The smallest absolute Gasteiger partial charge is 0.422 e. The molecule has 3 unspecified atom stereocenters. The number of hydrogen-bond acceptors (Lipinski definition) is 3. The normalized spacial score (nSPS) is 22.1. The first-order chi connectivity index (χ1) is 10.2. The van der Waals surface area contributed by atoms with E-state index in [2.05, 4.69) is 15.0 Å². The van der Waals surface area contributed by atoms with Gasteiger partial charge in [-0.1, -0.05) is 18.5 Å². The number of carbonyl (C=O) groups excluding carboxylic acids is 1. The van der Waals surface area contributed by atoms with E-state index in [-0.39, 0.29) is 28.8 Å². The van der Waals surface area contributed by atoms with Crippen LogP contribution in [-0.4, -0.2) is 23.7 Å². The van der Waals surface area contributed by atoms with Crippen molar-refractivity contribution in [3.63, 3.8) is 0 Å². The highest BCUT2D eigenvalue weighted by Gasteiger charge is 2.39. The zero-order chi connectivity index (χ0) is 16.5. The third-order valence-electron chi connectivity index (χ3n) is 3.51. The fraction of sp³-hybridized carbons (Fsp3) is 0.571. The molecule has 0 spiro atoms. The second-order valence-corrected chi connectivity index (χ2v) is 5.92. The van der Waals surface area contributed by atoms with Gasteiger partial charge in [-0.05, 0) is 30.9 Å². The summed E-state index contributed by atoms with van der Waals surface area (Å²) >= 11 is 5.87. The Morgan fingerprint density at radius 3 is 2.73 bits per heavy atom. The number of alkyl halides is 3. The van der Waals surface area contributed by atoms with Gasteiger partial charge in [-0.2, -0.15) is 13.2 Å². The number of rotatable bonds is 5. The molecular formula is C14H16ClF3N2O2. The molecule has 0 aromatic carbocycles. The summed E-state index contributed by atoms with van der Waals surface area (Å²) in [5, 5.41) is 2.81. The quantitative estimate of drug-likeness (QED) is 0.895. The number of pyridine rings is 1. The summed E-state index contributed by atoms with van der Waals surface area (Å²) in [7, 11) is 0. The third-order valence-corrected chi connectivity index (χ3v) is 3.78. The fourth-order valence-electron chi connectivity index (χ4n) is 2.02. The van der Waals surface area contributed by atoms with Crippen molar-refractivity contribution in [3.05, 3.63) is 22.8 Å². The maximum absolute atomic E-state index is 12.1. The highest BCUT2D eigenvalue weighted by molar-refractivity contribution is 6.31. The van der Waals surface area contributed by atoms with E-state index >= 15 is 0 Å². The summed E-state index contributed by atoms with van der Waals surface area (Å²) in [6.45, 7) is 2.31. The zero-order valence-corrected chi connectivity index (χ0v) is 12.8. The Morgan fingerprint density at radius 1 is 1.59 bits per heavy atom. The molecule has 1 aromatic rings. The van der Waals surface area contributed by atoms with Gasteiger partial charge < -0.3 is 10.1 Å². The minimum absolute atomic E-state index is 0.0253. The summed E-state index contributed by atoms with van der Waals surface area (Å²) in [4.78, 5) is 15.6. The van der Waals surface area contributed by atoms with Crippen LogP contribution in [0.15, 0.2) is 12.3 Å². The summed E-state index contributed by atoms with van der Waals surface area (Å²) < 4.78 is 40.8. The first-order valence-electron chi connectivity index (χ1n) is 6.82. The largest absolute Gasteiger partial charge is 0.467 e. The minimum Gasteiger partial charge on any atom is -0.467 e. The molecule has 122 valence electrons. The van der Waals surface area contributed by atoms with Crippen LogP contribution in [0.3, 0.4) is 0 Å². The van der Waals surface area contributed by atoms with Crippen LogP contribution in [0.4, 0.5) is 13.2 Å². The molecule has 1 fully saturated rings. The molecule has 0 aliphatic heterocycles. The van der Waals surface area contributed by atoms with Gasteiger partial charge in [-0.25, -0.2) is 4.98 Å². The van der Waals surface area contributed by atoms with Crippen LogP contribution in [0.5, 0.6) is 5.88 Å². The van der Waals surface area contributed by atoms with Crippen LogP contribution in [0.1, 0.15) is 31.9 Å². The highest BCUT2D eigenvalue weighted by Crippen LogP contribution is 2.38. The second-order valence-electron chi connectivity index (χ2n) is 5.51. The van der Waals surface area contributed by atoms with Gasteiger partial charge in [-0.3, -0.25) is 4.79 Å². The lowest BCUT2D eigenvalue weighted by Gasteiger charge is -2.15. The van der Waals surface area contributed by atoms with Gasteiger partial charge in [0.2, 0.25) is 11.8 Å². The van der Waals surface area contributed by atoms with E-state index in [4.69, 9.17) is 11.6 Å². The van der Waals surface area contributed by atoms with E-state index in [1.165, 1.54) is 12.3 Å². The van der Waals surface area contributed by atoms with E-state index in [0.29, 0.717) is 11.5 Å². The Morgan fingerprint density at radius 2 is 2.23 bits per heavy atom. The minimum atomic E-state index is -4.45. The molecule has 0 bridgehead atoms. The first kappa shape index (κ1) is 16.9. The predicted octanol–water partition coefficient (Wildman–Crippen LogP) is 3.51. The SMILES string of the molecule is CC(NC(=O)C1CC1C)c1cnc(OCC(F)(F)F)c(Cl)c1. The lowest BCUT2D eigenvalue weighted by Crippen LogP contribution is -2.28. The molecule has 1 heterocycles. The molecule has 1 N–H and O–H groups in total. The molecule has 3 atom stereocenters. The number of nitrogens with zero attached hydrogens (tertiary/aromatic N) is 1. The van der Waals surface area contributed by atoms with E-state index in [0.717, 1.165) is 6.42 Å². The van der Waals surface area contributed by atoms with Crippen molar-refractivity contribution in [2.24, 2.45) is 11.8 Å². The number of aromatic nitrogens is 1. The van der Waals surface area contributed by atoms with E-state index in [1.807, 2.05) is 6.92 Å². The van der Waals surface area contributed by atoms with Gasteiger partial charge in [0.15, 0.2) is 6.61 Å². The Bertz CT molecular complexity index is 566. The van der Waals surface area contributed by atoms with E-state index in [9.17, 15) is 18.0 Å². The van der Waals surface area contributed by atoms with Crippen molar-refractivity contribution in [1.82, 2.24) is 10.3 Å². The van der Waals surface area contributed by atoms with E-state index < -0.39 is 12.8 Å². The summed E-state index contributed by atoms with van der Waals surface area (Å²) in [6, 6.07) is 1.11. The fourth-order valence-corrected chi connectivity index (χ4v) is 2.25. The molecule has 1 amide bonds. The highest BCUT2D eigenvalue weighted by atomic mass is 35.5. The monoisotopic (exact) mass is 336 g/mol. The molecule has 1 aliphatic rings. The van der Waals surface area contributed by atoms with Gasteiger partial charge in [0, 0.05) is 12.1 Å². The first-order valence-corrected chi connectivity index (χ1v) is 7.20. The van der Waals surface area contributed by atoms with Gasteiger partial charge in [0.05, 0.1) is 6.04 Å². The number of ether oxygens (including phenoxy) is 1. The van der Waals surface area contributed by atoms with Crippen molar-refractivity contribution >= 4 is 17.5 Å². The number of halogens is 4. The van der Waals surface area contributed by atoms with Crippen LogP contribution in [-0.2, 0) is 4.79 Å². The third kappa shape index (κ3) is 4.50. The second kappa shape index (κ2) is 6.32. The molecule has 0 saturated heterocycles. The van der Waals surface area contributed by atoms with Gasteiger partial charge in [-0.15, -0.1) is 0 Å².